The number of rotatable bonds is 2. The van der Waals surface area contributed by atoms with Crippen LogP contribution < -0.4 is 16.0 Å². The summed E-state index contributed by atoms with van der Waals surface area (Å²) >= 11 is 3.49. The molecule has 2 atom stereocenters. The Hall–Kier alpha value is -1.07. The van der Waals surface area contributed by atoms with Gasteiger partial charge in [-0.25, -0.2) is 0 Å². The van der Waals surface area contributed by atoms with Crippen molar-refractivity contribution in [2.24, 2.45) is 16.6 Å². The summed E-state index contributed by atoms with van der Waals surface area (Å²) < 4.78 is 1.09. The third-order valence-corrected chi connectivity index (χ3v) is 5.18. The Balaban J connectivity index is 2.00. The molecular formula is C15H21BrN4. The largest absolute Gasteiger partial charge is 0.369 e. The lowest BCUT2D eigenvalue weighted by molar-refractivity contribution is 0.217. The van der Waals surface area contributed by atoms with Crippen molar-refractivity contribution >= 4 is 27.6 Å². The van der Waals surface area contributed by atoms with Crippen LogP contribution in [0, 0.1) is 5.92 Å². The van der Waals surface area contributed by atoms with E-state index in [-0.39, 0.29) is 5.54 Å². The Bertz CT molecular complexity index is 513. The smallest absolute Gasteiger partial charge is 0.196 e. The lowest BCUT2D eigenvalue weighted by Crippen LogP contribution is -2.62. The number of hydrogen-bond acceptors (Lipinski definition) is 4. The fourth-order valence-electron chi connectivity index (χ4n) is 3.57. The van der Waals surface area contributed by atoms with Crippen molar-refractivity contribution in [3.8, 4) is 0 Å². The molecule has 0 aliphatic carbocycles. The molecule has 108 valence electrons. The van der Waals surface area contributed by atoms with E-state index in [4.69, 9.17) is 5.73 Å². The first-order valence-electron chi connectivity index (χ1n) is 7.24. The van der Waals surface area contributed by atoms with Gasteiger partial charge >= 0.3 is 0 Å². The topological polar surface area (TPSA) is 53.6 Å². The highest BCUT2D eigenvalue weighted by Gasteiger charge is 2.49. The highest BCUT2D eigenvalue weighted by atomic mass is 79.9. The summed E-state index contributed by atoms with van der Waals surface area (Å²) in [6, 6.07) is 8.37. The van der Waals surface area contributed by atoms with Gasteiger partial charge in [0, 0.05) is 16.7 Å². The number of halogens is 1. The SMILES string of the molecule is CCC1CNCCC12CN=C(N)N2c1ccc(Br)cc1. The number of nitrogens with one attached hydrogen (secondary N) is 1. The first-order valence-corrected chi connectivity index (χ1v) is 8.03. The van der Waals surface area contributed by atoms with Gasteiger partial charge in [-0.2, -0.15) is 0 Å². The summed E-state index contributed by atoms with van der Waals surface area (Å²) in [4.78, 5) is 6.84. The molecule has 1 spiro atoms. The summed E-state index contributed by atoms with van der Waals surface area (Å²) in [5, 5.41) is 3.51. The molecule has 0 aromatic heterocycles. The number of nitrogens with zero attached hydrogens (tertiary/aromatic N) is 2. The quantitative estimate of drug-likeness (QED) is 0.871. The maximum Gasteiger partial charge on any atom is 0.196 e. The zero-order valence-corrected chi connectivity index (χ0v) is 13.4. The van der Waals surface area contributed by atoms with E-state index in [0.29, 0.717) is 11.9 Å². The van der Waals surface area contributed by atoms with E-state index in [1.54, 1.807) is 0 Å². The van der Waals surface area contributed by atoms with E-state index < -0.39 is 0 Å². The Morgan fingerprint density at radius 1 is 1.45 bits per heavy atom. The maximum absolute atomic E-state index is 6.22. The van der Waals surface area contributed by atoms with Gasteiger partial charge in [-0.15, -0.1) is 0 Å². The molecule has 2 aliphatic rings. The van der Waals surface area contributed by atoms with Crippen LogP contribution in [-0.4, -0.2) is 31.1 Å². The minimum Gasteiger partial charge on any atom is -0.369 e. The molecule has 1 aromatic rings. The van der Waals surface area contributed by atoms with Crippen LogP contribution in [0.25, 0.3) is 0 Å². The minimum absolute atomic E-state index is 0.0535. The average molecular weight is 337 g/mol. The second-order valence-electron chi connectivity index (χ2n) is 5.65. The van der Waals surface area contributed by atoms with Crippen LogP contribution in [0.4, 0.5) is 5.69 Å². The van der Waals surface area contributed by atoms with E-state index >= 15 is 0 Å². The van der Waals surface area contributed by atoms with Crippen LogP contribution in [0.3, 0.4) is 0 Å². The molecule has 2 aliphatic heterocycles. The number of guanidine groups is 1. The zero-order chi connectivity index (χ0) is 14.2. The van der Waals surface area contributed by atoms with E-state index in [1.807, 2.05) is 0 Å². The van der Waals surface area contributed by atoms with E-state index in [0.717, 1.165) is 42.6 Å². The molecule has 0 bridgehead atoms. The van der Waals surface area contributed by atoms with E-state index in [1.165, 1.54) is 0 Å². The van der Waals surface area contributed by atoms with Crippen LogP contribution in [0.15, 0.2) is 33.7 Å². The number of benzene rings is 1. The predicted octanol–water partition coefficient (Wildman–Crippen LogP) is 2.34. The fourth-order valence-corrected chi connectivity index (χ4v) is 3.83. The van der Waals surface area contributed by atoms with Crippen molar-refractivity contribution in [2.45, 2.75) is 25.3 Å². The van der Waals surface area contributed by atoms with Crippen LogP contribution in [-0.2, 0) is 0 Å². The Morgan fingerprint density at radius 2 is 2.20 bits per heavy atom. The summed E-state index contributed by atoms with van der Waals surface area (Å²) in [6.45, 7) is 5.15. The Labute approximate surface area is 128 Å². The van der Waals surface area contributed by atoms with Gasteiger partial charge in [0.15, 0.2) is 5.96 Å². The van der Waals surface area contributed by atoms with Crippen molar-refractivity contribution < 1.29 is 0 Å². The van der Waals surface area contributed by atoms with Crippen LogP contribution >= 0.6 is 15.9 Å². The summed E-state index contributed by atoms with van der Waals surface area (Å²) in [7, 11) is 0. The molecule has 5 heteroatoms. The van der Waals surface area contributed by atoms with Crippen molar-refractivity contribution in [3.63, 3.8) is 0 Å². The van der Waals surface area contributed by atoms with Gasteiger partial charge in [0.1, 0.15) is 0 Å². The summed E-state index contributed by atoms with van der Waals surface area (Å²) in [5.74, 6) is 1.23. The number of anilines is 1. The van der Waals surface area contributed by atoms with Crippen LogP contribution in [0.5, 0.6) is 0 Å². The molecule has 1 fully saturated rings. The number of hydrogen-bond donors (Lipinski definition) is 2. The molecule has 4 nitrogen and oxygen atoms in total. The average Bonchev–Trinajstić information content (AvgIpc) is 2.78. The molecule has 2 heterocycles. The van der Waals surface area contributed by atoms with E-state index in [9.17, 15) is 0 Å². The molecule has 1 saturated heterocycles. The van der Waals surface area contributed by atoms with Gasteiger partial charge < -0.3 is 16.0 Å². The minimum atomic E-state index is 0.0535. The van der Waals surface area contributed by atoms with Crippen LogP contribution in [0.2, 0.25) is 0 Å². The summed E-state index contributed by atoms with van der Waals surface area (Å²) in [6.07, 6.45) is 2.23. The van der Waals surface area contributed by atoms with Crippen molar-refractivity contribution in [3.05, 3.63) is 28.7 Å². The van der Waals surface area contributed by atoms with Gasteiger partial charge in [-0.3, -0.25) is 4.99 Å². The molecule has 0 amide bonds. The molecule has 1 aromatic carbocycles. The third-order valence-electron chi connectivity index (χ3n) is 4.65. The number of aliphatic imine (C=N–C) groups is 1. The molecular weight excluding hydrogens is 316 g/mol. The highest BCUT2D eigenvalue weighted by molar-refractivity contribution is 9.10. The van der Waals surface area contributed by atoms with Gasteiger partial charge in [0.05, 0.1) is 12.1 Å². The molecule has 20 heavy (non-hydrogen) atoms. The van der Waals surface area contributed by atoms with E-state index in [2.05, 4.69) is 62.3 Å². The Morgan fingerprint density at radius 3 is 2.90 bits per heavy atom. The number of piperidine rings is 1. The highest BCUT2D eigenvalue weighted by Crippen LogP contribution is 2.40. The molecule has 0 saturated carbocycles. The first kappa shape index (κ1) is 13.9. The van der Waals surface area contributed by atoms with Crippen molar-refractivity contribution in [2.75, 3.05) is 24.5 Å². The third kappa shape index (κ3) is 2.13. The van der Waals surface area contributed by atoms with Crippen LogP contribution in [0.1, 0.15) is 19.8 Å². The zero-order valence-electron chi connectivity index (χ0n) is 11.8. The molecule has 3 N–H and O–H groups in total. The standard InChI is InChI=1S/C15H21BrN4/c1-2-11-9-18-8-7-15(11)10-19-14(17)20(15)13-5-3-12(16)4-6-13/h3-6,11,18H,2,7-10H2,1H3,(H2,17,19). The lowest BCUT2D eigenvalue weighted by Gasteiger charge is -2.47. The molecule has 3 rings (SSSR count). The molecule has 0 radical (unpaired) electrons. The second kappa shape index (κ2) is 5.37. The van der Waals surface area contributed by atoms with Gasteiger partial charge in [-0.05, 0) is 49.6 Å². The second-order valence-corrected chi connectivity index (χ2v) is 6.56. The normalized spacial score (nSPS) is 29.8. The fraction of sp³-hybridized carbons (Fsp3) is 0.533. The number of nitrogens with two attached hydrogens (primary N) is 1. The summed E-state index contributed by atoms with van der Waals surface area (Å²) in [5.41, 5.74) is 7.41. The Kier molecular flexibility index (Phi) is 3.73. The maximum atomic E-state index is 6.22. The lowest BCUT2D eigenvalue weighted by atomic mass is 9.76. The van der Waals surface area contributed by atoms with Crippen molar-refractivity contribution in [1.82, 2.24) is 5.32 Å². The van der Waals surface area contributed by atoms with Gasteiger partial charge in [0.2, 0.25) is 0 Å². The molecule has 2 unspecified atom stereocenters. The first-order chi connectivity index (χ1) is 9.67. The van der Waals surface area contributed by atoms with Gasteiger partial charge in [0.25, 0.3) is 0 Å². The van der Waals surface area contributed by atoms with Crippen molar-refractivity contribution in [1.29, 1.82) is 0 Å². The predicted molar refractivity (Wildman–Crippen MR) is 87.1 cm³/mol. The van der Waals surface area contributed by atoms with Gasteiger partial charge in [-0.1, -0.05) is 22.9 Å². The monoisotopic (exact) mass is 336 g/mol.